The third-order valence-electron chi connectivity index (χ3n) is 3.22. The molecule has 0 saturated carbocycles. The zero-order valence-corrected chi connectivity index (χ0v) is 8.77. The molecule has 3 heterocycles. The lowest BCUT2D eigenvalue weighted by Gasteiger charge is -2.24. The summed E-state index contributed by atoms with van der Waals surface area (Å²) in [6, 6.07) is 3.99. The average Bonchev–Trinajstić information content (AvgIpc) is 2.85. The lowest BCUT2D eigenvalue weighted by molar-refractivity contribution is 0.410. The van der Waals surface area contributed by atoms with Gasteiger partial charge in [0.25, 0.3) is 0 Å². The molecule has 3 rings (SSSR count). The highest BCUT2D eigenvalue weighted by atomic mass is 15.3. The minimum Gasteiger partial charge on any atom is -0.306 e. The van der Waals surface area contributed by atoms with E-state index in [0.717, 1.165) is 18.6 Å². The maximum atomic E-state index is 4.32. The van der Waals surface area contributed by atoms with Gasteiger partial charge in [0, 0.05) is 12.3 Å². The van der Waals surface area contributed by atoms with E-state index in [4.69, 9.17) is 0 Å². The minimum atomic E-state index is 0.0488. The molecule has 2 aromatic rings. The second kappa shape index (κ2) is 3.03. The summed E-state index contributed by atoms with van der Waals surface area (Å²) in [4.78, 5) is 4.28. The number of hydrogen-bond donors (Lipinski definition) is 1. The molecule has 4 nitrogen and oxygen atoms in total. The molecule has 15 heavy (non-hydrogen) atoms. The molecule has 2 aromatic heterocycles. The Balaban J connectivity index is 2.21. The molecular formula is C11H14N4. The van der Waals surface area contributed by atoms with E-state index < -0.39 is 0 Å². The largest absolute Gasteiger partial charge is 0.306 e. The lowest BCUT2D eigenvalue weighted by atomic mass is 9.96. The number of rotatable bonds is 1. The van der Waals surface area contributed by atoms with Crippen LogP contribution in [0.25, 0.3) is 5.65 Å². The first-order valence-corrected chi connectivity index (χ1v) is 5.34. The van der Waals surface area contributed by atoms with Crippen molar-refractivity contribution < 1.29 is 0 Å². The number of fused-ring (bicyclic) bond motifs is 1. The topological polar surface area (TPSA) is 42.2 Å². The molecule has 0 bridgehead atoms. The van der Waals surface area contributed by atoms with Crippen molar-refractivity contribution in [2.24, 2.45) is 0 Å². The van der Waals surface area contributed by atoms with Crippen molar-refractivity contribution in [3.63, 3.8) is 0 Å². The van der Waals surface area contributed by atoms with Gasteiger partial charge in [-0.15, -0.1) is 0 Å². The summed E-state index contributed by atoms with van der Waals surface area (Å²) in [6.45, 7) is 3.32. The molecule has 0 radical (unpaired) electrons. The van der Waals surface area contributed by atoms with Crippen LogP contribution < -0.4 is 5.32 Å². The van der Waals surface area contributed by atoms with Gasteiger partial charge in [0.15, 0.2) is 5.65 Å². The zero-order valence-electron chi connectivity index (χ0n) is 8.77. The first kappa shape index (κ1) is 8.85. The van der Waals surface area contributed by atoms with Gasteiger partial charge in [0.1, 0.15) is 0 Å². The molecule has 0 aromatic carbocycles. The van der Waals surface area contributed by atoms with Crippen LogP contribution in [0.4, 0.5) is 0 Å². The highest BCUT2D eigenvalue weighted by Crippen LogP contribution is 2.29. The van der Waals surface area contributed by atoms with Gasteiger partial charge in [-0.2, -0.15) is 5.10 Å². The van der Waals surface area contributed by atoms with Crippen molar-refractivity contribution >= 4 is 5.65 Å². The highest BCUT2D eigenvalue weighted by Gasteiger charge is 2.32. The summed E-state index contributed by atoms with van der Waals surface area (Å²) in [6.07, 6.45) is 6.04. The van der Waals surface area contributed by atoms with E-state index >= 15 is 0 Å². The summed E-state index contributed by atoms with van der Waals surface area (Å²) in [5.74, 6) is 0. The van der Waals surface area contributed by atoms with Crippen LogP contribution in [0.3, 0.4) is 0 Å². The van der Waals surface area contributed by atoms with E-state index in [-0.39, 0.29) is 5.54 Å². The number of aromatic nitrogens is 3. The van der Waals surface area contributed by atoms with Crippen LogP contribution in [-0.4, -0.2) is 21.1 Å². The van der Waals surface area contributed by atoms with Gasteiger partial charge < -0.3 is 5.32 Å². The second-order valence-corrected chi connectivity index (χ2v) is 4.29. The van der Waals surface area contributed by atoms with Crippen molar-refractivity contribution in [1.29, 1.82) is 0 Å². The van der Waals surface area contributed by atoms with E-state index in [2.05, 4.69) is 28.4 Å². The van der Waals surface area contributed by atoms with Crippen LogP contribution in [0.2, 0.25) is 0 Å². The molecule has 1 N–H and O–H groups in total. The Morgan fingerprint density at radius 2 is 2.33 bits per heavy atom. The maximum absolute atomic E-state index is 4.32. The SMILES string of the molecule is C[C@@]1(c2ccnc3ccnn23)CCCN1. The molecule has 1 fully saturated rings. The Hall–Kier alpha value is -1.42. The molecule has 78 valence electrons. The van der Waals surface area contributed by atoms with E-state index in [1.165, 1.54) is 12.1 Å². The number of nitrogens with one attached hydrogen (secondary N) is 1. The Labute approximate surface area is 88.3 Å². The van der Waals surface area contributed by atoms with Crippen molar-refractivity contribution in [1.82, 2.24) is 19.9 Å². The summed E-state index contributed by atoms with van der Waals surface area (Å²) < 4.78 is 1.93. The third kappa shape index (κ3) is 1.25. The quantitative estimate of drug-likeness (QED) is 0.758. The number of nitrogens with zero attached hydrogens (tertiary/aromatic N) is 3. The van der Waals surface area contributed by atoms with Gasteiger partial charge in [-0.25, -0.2) is 9.50 Å². The third-order valence-corrected chi connectivity index (χ3v) is 3.22. The minimum absolute atomic E-state index is 0.0488. The van der Waals surface area contributed by atoms with Crippen LogP contribution in [0.1, 0.15) is 25.5 Å². The first-order chi connectivity index (χ1) is 7.30. The molecular weight excluding hydrogens is 188 g/mol. The van der Waals surface area contributed by atoms with E-state index in [9.17, 15) is 0 Å². The molecule has 4 heteroatoms. The van der Waals surface area contributed by atoms with E-state index in [1.54, 1.807) is 6.20 Å². The summed E-state index contributed by atoms with van der Waals surface area (Å²) in [5, 5.41) is 7.87. The fourth-order valence-corrected chi connectivity index (χ4v) is 2.37. The summed E-state index contributed by atoms with van der Waals surface area (Å²) in [5.41, 5.74) is 2.17. The molecule has 1 aliphatic rings. The van der Waals surface area contributed by atoms with E-state index in [1.807, 2.05) is 16.8 Å². The van der Waals surface area contributed by atoms with E-state index in [0.29, 0.717) is 0 Å². The fourth-order valence-electron chi connectivity index (χ4n) is 2.37. The standard InChI is InChI=1S/C11H14N4/c1-11(5-2-6-13-11)9-3-7-12-10-4-8-14-15(9)10/h3-4,7-8,13H,2,5-6H2,1H3/t11-/m0/s1. The average molecular weight is 202 g/mol. The van der Waals surface area contributed by atoms with Crippen molar-refractivity contribution in [3.8, 4) is 0 Å². The predicted molar refractivity (Wildman–Crippen MR) is 57.6 cm³/mol. The Bertz CT molecular complexity index is 482. The van der Waals surface area contributed by atoms with Gasteiger partial charge in [0.2, 0.25) is 0 Å². The normalized spacial score (nSPS) is 26.2. The van der Waals surface area contributed by atoms with Crippen molar-refractivity contribution in [2.75, 3.05) is 6.54 Å². The molecule has 1 saturated heterocycles. The zero-order chi connectivity index (χ0) is 10.3. The maximum Gasteiger partial charge on any atom is 0.155 e. The van der Waals surface area contributed by atoms with Crippen LogP contribution >= 0.6 is 0 Å². The second-order valence-electron chi connectivity index (χ2n) is 4.29. The Kier molecular flexibility index (Phi) is 1.79. The fraction of sp³-hybridized carbons (Fsp3) is 0.455. The number of hydrogen-bond acceptors (Lipinski definition) is 3. The van der Waals surface area contributed by atoms with Crippen LogP contribution in [0, 0.1) is 0 Å². The molecule has 1 aliphatic heterocycles. The first-order valence-electron chi connectivity index (χ1n) is 5.34. The molecule has 0 spiro atoms. The van der Waals surface area contributed by atoms with Gasteiger partial charge in [-0.1, -0.05) is 0 Å². The van der Waals surface area contributed by atoms with Gasteiger partial charge in [-0.3, -0.25) is 0 Å². The van der Waals surface area contributed by atoms with Crippen molar-refractivity contribution in [3.05, 3.63) is 30.2 Å². The van der Waals surface area contributed by atoms with Crippen LogP contribution in [-0.2, 0) is 5.54 Å². The summed E-state index contributed by atoms with van der Waals surface area (Å²) >= 11 is 0. The van der Waals surface area contributed by atoms with Crippen LogP contribution in [0.5, 0.6) is 0 Å². The smallest absolute Gasteiger partial charge is 0.155 e. The monoisotopic (exact) mass is 202 g/mol. The van der Waals surface area contributed by atoms with Gasteiger partial charge >= 0.3 is 0 Å². The predicted octanol–water partition coefficient (Wildman–Crippen LogP) is 1.33. The lowest BCUT2D eigenvalue weighted by Crippen LogP contribution is -2.35. The Morgan fingerprint density at radius 1 is 1.40 bits per heavy atom. The molecule has 0 unspecified atom stereocenters. The molecule has 0 amide bonds. The van der Waals surface area contributed by atoms with Gasteiger partial charge in [-0.05, 0) is 32.4 Å². The van der Waals surface area contributed by atoms with Crippen LogP contribution in [0.15, 0.2) is 24.5 Å². The summed E-state index contributed by atoms with van der Waals surface area (Å²) in [7, 11) is 0. The molecule has 1 atom stereocenters. The van der Waals surface area contributed by atoms with Gasteiger partial charge in [0.05, 0.1) is 17.4 Å². The molecule has 0 aliphatic carbocycles. The highest BCUT2D eigenvalue weighted by molar-refractivity contribution is 5.38. The Morgan fingerprint density at radius 3 is 3.13 bits per heavy atom. The van der Waals surface area contributed by atoms with Crippen molar-refractivity contribution in [2.45, 2.75) is 25.3 Å².